The van der Waals surface area contributed by atoms with Crippen LogP contribution in [0, 0.1) is 11.3 Å². The van der Waals surface area contributed by atoms with Gasteiger partial charge in [0, 0.05) is 40.3 Å². The molecule has 0 saturated heterocycles. The highest BCUT2D eigenvalue weighted by Crippen LogP contribution is 2.37. The lowest BCUT2D eigenvalue weighted by molar-refractivity contribution is 0.586. The number of halogens is 1. The quantitative estimate of drug-likeness (QED) is 0.675. The van der Waals surface area contributed by atoms with E-state index < -0.39 is 0 Å². The van der Waals surface area contributed by atoms with E-state index in [2.05, 4.69) is 50.5 Å². The van der Waals surface area contributed by atoms with Crippen LogP contribution in [0.1, 0.15) is 44.4 Å². The highest BCUT2D eigenvalue weighted by molar-refractivity contribution is 6.30. The molecule has 2 aliphatic heterocycles. The molecule has 0 unspecified atom stereocenters. The minimum Gasteiger partial charge on any atom is -0.384 e. The van der Waals surface area contributed by atoms with Crippen LogP contribution in [0.5, 0.6) is 0 Å². The zero-order chi connectivity index (χ0) is 18.2. The van der Waals surface area contributed by atoms with Gasteiger partial charge in [0.15, 0.2) is 0 Å². The van der Waals surface area contributed by atoms with E-state index in [1.54, 1.807) is 0 Å². The summed E-state index contributed by atoms with van der Waals surface area (Å²) in [6.07, 6.45) is 0. The number of hydrogen-bond acceptors (Lipinski definition) is 3. The molecular weight excluding hydrogens is 330 g/mol. The van der Waals surface area contributed by atoms with E-state index in [-0.39, 0.29) is 10.8 Å². The highest BCUT2D eigenvalue weighted by atomic mass is 35.5. The maximum absolute atomic E-state index is 8.72. The van der Waals surface area contributed by atoms with E-state index in [9.17, 15) is 0 Å². The lowest BCUT2D eigenvalue weighted by Gasteiger charge is -2.16. The fourth-order valence-electron chi connectivity index (χ4n) is 3.43. The number of fused-ring (bicyclic) bond motifs is 2. The molecule has 0 aromatic heterocycles. The predicted octanol–water partition coefficient (Wildman–Crippen LogP) is 5.30. The van der Waals surface area contributed by atoms with Crippen molar-refractivity contribution in [3.05, 3.63) is 58.1 Å². The van der Waals surface area contributed by atoms with E-state index in [0.29, 0.717) is 0 Å². The van der Waals surface area contributed by atoms with Gasteiger partial charge < -0.3 is 10.6 Å². The Bertz CT molecular complexity index is 847. The molecule has 0 aliphatic carbocycles. The fourth-order valence-corrected chi connectivity index (χ4v) is 3.60. The Morgan fingerprint density at radius 1 is 0.880 bits per heavy atom. The van der Waals surface area contributed by atoms with Crippen LogP contribution < -0.4 is 10.6 Å². The zero-order valence-electron chi connectivity index (χ0n) is 15.2. The first-order valence-corrected chi connectivity index (χ1v) is 8.93. The molecule has 25 heavy (non-hydrogen) atoms. The predicted molar refractivity (Wildman–Crippen MR) is 106 cm³/mol. The van der Waals surface area contributed by atoms with Gasteiger partial charge in [0.2, 0.25) is 0 Å². The Labute approximate surface area is 155 Å². The average molecular weight is 354 g/mol. The largest absolute Gasteiger partial charge is 0.384 e. The third kappa shape index (κ3) is 3.45. The van der Waals surface area contributed by atoms with E-state index in [4.69, 9.17) is 16.9 Å². The average Bonchev–Trinajstić information content (AvgIpc) is 3.04. The molecular formula is C21H24ClN3. The second-order valence-corrected chi connectivity index (χ2v) is 8.47. The number of nitrogens with zero attached hydrogens (tertiary/aromatic N) is 1. The number of anilines is 2. The molecule has 0 fully saturated rings. The summed E-state index contributed by atoms with van der Waals surface area (Å²) in [5.74, 6) is 0. The smallest absolute Gasteiger partial charge is 0.0992 e. The second kappa shape index (κ2) is 6.28. The molecule has 2 aliphatic rings. The highest BCUT2D eigenvalue weighted by Gasteiger charge is 2.30. The molecule has 130 valence electrons. The lowest BCUT2D eigenvalue weighted by atomic mass is 9.87. The minimum atomic E-state index is 0.198. The van der Waals surface area contributed by atoms with Crippen LogP contribution in [0.3, 0.4) is 0 Å². The van der Waals surface area contributed by atoms with Crippen molar-refractivity contribution < 1.29 is 0 Å². The SMILES string of the molecule is CC1(C)CNc2cc(C#N)ccc21.CC1(C)CNc2cc(Cl)ccc21. The van der Waals surface area contributed by atoms with Crippen LogP contribution in [0.25, 0.3) is 0 Å². The number of rotatable bonds is 0. The topological polar surface area (TPSA) is 47.9 Å². The van der Waals surface area contributed by atoms with E-state index in [1.165, 1.54) is 16.8 Å². The van der Waals surface area contributed by atoms with E-state index in [0.717, 1.165) is 29.4 Å². The van der Waals surface area contributed by atoms with Crippen LogP contribution in [0.2, 0.25) is 5.02 Å². The summed E-state index contributed by atoms with van der Waals surface area (Å²) in [5, 5.41) is 16.2. The number of hydrogen-bond donors (Lipinski definition) is 2. The Balaban J connectivity index is 0.000000146. The first kappa shape index (κ1) is 17.6. The van der Waals surface area contributed by atoms with Gasteiger partial charge in [-0.2, -0.15) is 5.26 Å². The van der Waals surface area contributed by atoms with Crippen LogP contribution in [0.15, 0.2) is 36.4 Å². The standard InChI is InChI=1S/C11H12N2.C10H12ClN/c1-11(2)7-13-10-5-8(6-12)3-4-9(10)11;1-10(2)6-12-9-5-7(11)3-4-8(9)10/h3-5,13H,7H2,1-2H3;3-5,12H,6H2,1-2H3. The lowest BCUT2D eigenvalue weighted by Crippen LogP contribution is -2.18. The van der Waals surface area contributed by atoms with E-state index in [1.807, 2.05) is 30.3 Å². The molecule has 2 N–H and O–H groups in total. The third-order valence-electron chi connectivity index (χ3n) is 5.03. The summed E-state index contributed by atoms with van der Waals surface area (Å²) in [4.78, 5) is 0. The van der Waals surface area contributed by atoms with Crippen molar-refractivity contribution in [1.29, 1.82) is 5.26 Å². The van der Waals surface area contributed by atoms with Gasteiger partial charge in [0.05, 0.1) is 11.6 Å². The van der Waals surface area contributed by atoms with Crippen molar-refractivity contribution in [1.82, 2.24) is 0 Å². The third-order valence-corrected chi connectivity index (χ3v) is 5.27. The molecule has 0 bridgehead atoms. The molecule has 3 nitrogen and oxygen atoms in total. The number of nitriles is 1. The molecule has 2 heterocycles. The van der Waals surface area contributed by atoms with Gasteiger partial charge in [0.25, 0.3) is 0 Å². The Hall–Kier alpha value is -2.18. The van der Waals surface area contributed by atoms with Crippen LogP contribution in [-0.4, -0.2) is 13.1 Å². The normalized spacial score (nSPS) is 17.9. The van der Waals surface area contributed by atoms with Crippen LogP contribution in [-0.2, 0) is 10.8 Å². The Morgan fingerprint density at radius 3 is 1.96 bits per heavy atom. The van der Waals surface area contributed by atoms with Crippen LogP contribution in [0.4, 0.5) is 11.4 Å². The molecule has 0 saturated carbocycles. The van der Waals surface area contributed by atoms with Gasteiger partial charge in [-0.25, -0.2) is 0 Å². The Kier molecular flexibility index (Phi) is 4.43. The molecule has 0 spiro atoms. The molecule has 2 aromatic rings. The summed E-state index contributed by atoms with van der Waals surface area (Å²) in [6, 6.07) is 14.1. The summed E-state index contributed by atoms with van der Waals surface area (Å²) >= 11 is 5.88. The molecule has 0 amide bonds. The maximum Gasteiger partial charge on any atom is 0.0992 e. The van der Waals surface area contributed by atoms with Crippen molar-refractivity contribution in [2.24, 2.45) is 0 Å². The summed E-state index contributed by atoms with van der Waals surface area (Å²) < 4.78 is 0. The molecule has 4 rings (SSSR count). The summed E-state index contributed by atoms with van der Waals surface area (Å²) in [6.45, 7) is 10.8. The van der Waals surface area contributed by atoms with E-state index >= 15 is 0 Å². The van der Waals surface area contributed by atoms with Crippen LogP contribution >= 0.6 is 11.6 Å². The minimum absolute atomic E-state index is 0.198. The van der Waals surface area contributed by atoms with Crippen molar-refractivity contribution in [2.75, 3.05) is 23.7 Å². The van der Waals surface area contributed by atoms with Crippen molar-refractivity contribution in [3.63, 3.8) is 0 Å². The Morgan fingerprint density at radius 2 is 1.40 bits per heavy atom. The van der Waals surface area contributed by atoms with Crippen molar-refractivity contribution in [2.45, 2.75) is 38.5 Å². The van der Waals surface area contributed by atoms with Gasteiger partial charge in [-0.15, -0.1) is 0 Å². The van der Waals surface area contributed by atoms with Gasteiger partial charge >= 0.3 is 0 Å². The molecule has 0 atom stereocenters. The van der Waals surface area contributed by atoms with Crippen molar-refractivity contribution >= 4 is 23.0 Å². The zero-order valence-corrected chi connectivity index (χ0v) is 16.0. The fraction of sp³-hybridized carbons (Fsp3) is 0.381. The summed E-state index contributed by atoms with van der Waals surface area (Å²) in [7, 11) is 0. The molecule has 4 heteroatoms. The van der Waals surface area contributed by atoms with Gasteiger partial charge in [-0.1, -0.05) is 51.4 Å². The maximum atomic E-state index is 8.72. The first-order chi connectivity index (χ1) is 11.7. The van der Waals surface area contributed by atoms with Gasteiger partial charge in [-0.3, -0.25) is 0 Å². The molecule has 2 aromatic carbocycles. The monoisotopic (exact) mass is 353 g/mol. The number of benzene rings is 2. The van der Waals surface area contributed by atoms with Crippen molar-refractivity contribution in [3.8, 4) is 6.07 Å². The number of nitrogens with one attached hydrogen (secondary N) is 2. The van der Waals surface area contributed by atoms with Gasteiger partial charge in [0.1, 0.15) is 0 Å². The second-order valence-electron chi connectivity index (χ2n) is 8.04. The molecule has 0 radical (unpaired) electrons. The van der Waals surface area contributed by atoms with Gasteiger partial charge in [-0.05, 0) is 35.4 Å². The summed E-state index contributed by atoms with van der Waals surface area (Å²) in [5.41, 5.74) is 6.15. The first-order valence-electron chi connectivity index (χ1n) is 8.55.